The van der Waals surface area contributed by atoms with Crippen molar-refractivity contribution in [3.05, 3.63) is 35.9 Å². The van der Waals surface area contributed by atoms with E-state index >= 15 is 0 Å². The van der Waals surface area contributed by atoms with E-state index in [0.29, 0.717) is 17.1 Å². The zero-order valence-corrected chi connectivity index (χ0v) is 16.8. The van der Waals surface area contributed by atoms with Gasteiger partial charge < -0.3 is 35.3 Å². The third-order valence-electron chi connectivity index (χ3n) is 4.95. The monoisotopic (exact) mass is 427 g/mol. The van der Waals surface area contributed by atoms with Crippen LogP contribution in [0.1, 0.15) is 17.6 Å². The van der Waals surface area contributed by atoms with E-state index in [-0.39, 0.29) is 22.8 Å². The molecule has 11 heteroatoms. The fraction of sp³-hybridized carbons (Fsp3) is 0.350. The molecule has 0 amide bonds. The Morgan fingerprint density at radius 1 is 1.10 bits per heavy atom. The highest BCUT2D eigenvalue weighted by Crippen LogP contribution is 2.33. The standard InChI is InChI=1S/C20H21N5O6/c1-29-11-5-10(6-12(7-11)30-2)3-4-14-24-15-18(21)22-9-23-19(15)25(14)20-17(28)16(27)13(8-26)31-20/h5-7,9,13,16-17,20,26-28H,8H2,1-2H3,(H2,21,22,23)/t13-,16-,17-,20-/m1/s1. The van der Waals surface area contributed by atoms with Crippen molar-refractivity contribution >= 4 is 17.0 Å². The van der Waals surface area contributed by atoms with Crippen LogP contribution in [0, 0.1) is 11.8 Å². The molecular weight excluding hydrogens is 406 g/mol. The Labute approximate surface area is 177 Å². The van der Waals surface area contributed by atoms with Gasteiger partial charge in [-0.25, -0.2) is 15.0 Å². The number of benzene rings is 1. The molecule has 0 spiro atoms. The maximum atomic E-state index is 10.5. The van der Waals surface area contributed by atoms with Gasteiger partial charge >= 0.3 is 0 Å². The number of hydrogen-bond donors (Lipinski definition) is 4. The fourth-order valence-corrected chi connectivity index (χ4v) is 3.36. The molecule has 0 bridgehead atoms. The summed E-state index contributed by atoms with van der Waals surface area (Å²) in [5.74, 6) is 7.34. The van der Waals surface area contributed by atoms with Crippen molar-refractivity contribution in [1.29, 1.82) is 0 Å². The predicted molar refractivity (Wildman–Crippen MR) is 108 cm³/mol. The topological polar surface area (TPSA) is 158 Å². The second-order valence-corrected chi connectivity index (χ2v) is 6.82. The Bertz CT molecular complexity index is 1150. The van der Waals surface area contributed by atoms with Crippen molar-refractivity contribution in [2.45, 2.75) is 24.5 Å². The van der Waals surface area contributed by atoms with Crippen LogP contribution in [-0.2, 0) is 4.74 Å². The highest BCUT2D eigenvalue weighted by Gasteiger charge is 2.44. The minimum Gasteiger partial charge on any atom is -0.497 e. The largest absolute Gasteiger partial charge is 0.497 e. The Morgan fingerprint density at radius 3 is 2.42 bits per heavy atom. The lowest BCUT2D eigenvalue weighted by Crippen LogP contribution is -2.33. The van der Waals surface area contributed by atoms with Crippen molar-refractivity contribution in [1.82, 2.24) is 19.5 Å². The molecule has 2 aromatic heterocycles. The summed E-state index contributed by atoms with van der Waals surface area (Å²) in [6.07, 6.45) is -3.45. The van der Waals surface area contributed by atoms with Crippen LogP contribution in [0.25, 0.3) is 11.2 Å². The number of nitrogens with two attached hydrogens (primary N) is 1. The molecule has 31 heavy (non-hydrogen) atoms. The van der Waals surface area contributed by atoms with E-state index in [0.717, 1.165) is 0 Å². The molecule has 1 fully saturated rings. The summed E-state index contributed by atoms with van der Waals surface area (Å²) in [6.45, 7) is -0.469. The number of fused-ring (bicyclic) bond motifs is 1. The number of ether oxygens (including phenoxy) is 3. The third-order valence-corrected chi connectivity index (χ3v) is 4.95. The Morgan fingerprint density at radius 2 is 1.81 bits per heavy atom. The van der Waals surface area contributed by atoms with Gasteiger partial charge in [-0.2, -0.15) is 0 Å². The van der Waals surface area contributed by atoms with Crippen LogP contribution in [0.2, 0.25) is 0 Å². The van der Waals surface area contributed by atoms with E-state index in [1.165, 1.54) is 25.1 Å². The summed E-state index contributed by atoms with van der Waals surface area (Å²) in [5.41, 5.74) is 7.07. The first kappa shape index (κ1) is 20.8. The predicted octanol–water partition coefficient (Wildman–Crippen LogP) is -0.563. The maximum absolute atomic E-state index is 10.5. The lowest BCUT2D eigenvalue weighted by molar-refractivity contribution is -0.0514. The number of methoxy groups -OCH3 is 2. The van der Waals surface area contributed by atoms with E-state index in [1.807, 2.05) is 0 Å². The number of aromatic nitrogens is 4. The zero-order chi connectivity index (χ0) is 22.1. The van der Waals surface area contributed by atoms with Gasteiger partial charge in [-0.05, 0) is 18.1 Å². The number of nitrogen functional groups attached to an aromatic ring is 1. The Kier molecular flexibility index (Phi) is 5.62. The molecule has 162 valence electrons. The van der Waals surface area contributed by atoms with Gasteiger partial charge in [0.15, 0.2) is 29.0 Å². The zero-order valence-electron chi connectivity index (χ0n) is 16.8. The minimum atomic E-state index is -1.34. The van der Waals surface area contributed by atoms with Crippen LogP contribution in [0.5, 0.6) is 11.5 Å². The van der Waals surface area contributed by atoms with E-state index in [9.17, 15) is 15.3 Å². The molecule has 1 aromatic carbocycles. The first-order valence-corrected chi connectivity index (χ1v) is 9.32. The number of aliphatic hydroxyl groups excluding tert-OH is 3. The van der Waals surface area contributed by atoms with Gasteiger partial charge in [0.1, 0.15) is 36.1 Å². The lowest BCUT2D eigenvalue weighted by Gasteiger charge is -2.17. The Hall–Kier alpha value is -3.43. The SMILES string of the molecule is COc1cc(C#Cc2nc3c(N)ncnc3n2[C@@H]2O[C@H](CO)[C@@H](O)[C@H]2O)cc(OC)c1. The normalized spacial score (nSPS) is 22.9. The van der Waals surface area contributed by atoms with Crippen LogP contribution < -0.4 is 15.2 Å². The van der Waals surface area contributed by atoms with Gasteiger partial charge in [-0.1, -0.05) is 5.92 Å². The second-order valence-electron chi connectivity index (χ2n) is 6.82. The van der Waals surface area contributed by atoms with Gasteiger partial charge in [-0.15, -0.1) is 0 Å². The van der Waals surface area contributed by atoms with Crippen LogP contribution in [0.15, 0.2) is 24.5 Å². The molecule has 1 saturated heterocycles. The molecule has 3 heterocycles. The fourth-order valence-electron chi connectivity index (χ4n) is 3.36. The number of imidazole rings is 1. The summed E-state index contributed by atoms with van der Waals surface area (Å²) in [4.78, 5) is 12.5. The van der Waals surface area contributed by atoms with E-state index < -0.39 is 31.1 Å². The maximum Gasteiger partial charge on any atom is 0.190 e. The van der Waals surface area contributed by atoms with Gasteiger partial charge in [0.25, 0.3) is 0 Å². The highest BCUT2D eigenvalue weighted by atomic mass is 16.6. The summed E-state index contributed by atoms with van der Waals surface area (Å²) < 4.78 is 17.6. The van der Waals surface area contributed by atoms with Crippen LogP contribution in [0.4, 0.5) is 5.82 Å². The second kappa shape index (κ2) is 8.37. The summed E-state index contributed by atoms with van der Waals surface area (Å²) in [6, 6.07) is 5.17. The summed E-state index contributed by atoms with van der Waals surface area (Å²) in [5, 5.41) is 30.1. The lowest BCUT2D eigenvalue weighted by atomic mass is 10.1. The average molecular weight is 427 g/mol. The van der Waals surface area contributed by atoms with E-state index in [4.69, 9.17) is 19.9 Å². The number of nitrogens with zero attached hydrogens (tertiary/aromatic N) is 4. The number of aliphatic hydroxyl groups is 3. The van der Waals surface area contributed by atoms with Crippen molar-refractivity contribution in [2.24, 2.45) is 0 Å². The molecule has 0 radical (unpaired) electrons. The molecule has 0 saturated carbocycles. The molecule has 5 N–H and O–H groups in total. The molecule has 0 unspecified atom stereocenters. The van der Waals surface area contributed by atoms with Crippen LogP contribution in [0.3, 0.4) is 0 Å². The van der Waals surface area contributed by atoms with Gasteiger partial charge in [0.2, 0.25) is 0 Å². The smallest absolute Gasteiger partial charge is 0.190 e. The van der Waals surface area contributed by atoms with Crippen molar-refractivity contribution < 1.29 is 29.5 Å². The van der Waals surface area contributed by atoms with Gasteiger partial charge in [0, 0.05) is 11.6 Å². The quantitative estimate of drug-likeness (QED) is 0.398. The molecule has 3 aromatic rings. The molecule has 4 atom stereocenters. The molecular formula is C20H21N5O6. The van der Waals surface area contributed by atoms with Gasteiger partial charge in [-0.3, -0.25) is 4.57 Å². The summed E-state index contributed by atoms with van der Waals surface area (Å²) >= 11 is 0. The molecule has 11 nitrogen and oxygen atoms in total. The van der Waals surface area contributed by atoms with Crippen molar-refractivity contribution in [3.63, 3.8) is 0 Å². The molecule has 4 rings (SSSR count). The number of rotatable bonds is 4. The van der Waals surface area contributed by atoms with Gasteiger partial charge in [0.05, 0.1) is 20.8 Å². The number of anilines is 1. The van der Waals surface area contributed by atoms with Crippen LogP contribution in [-0.4, -0.2) is 74.0 Å². The Balaban J connectivity index is 1.84. The van der Waals surface area contributed by atoms with Crippen molar-refractivity contribution in [3.8, 4) is 23.3 Å². The van der Waals surface area contributed by atoms with Crippen LogP contribution >= 0.6 is 0 Å². The van der Waals surface area contributed by atoms with E-state index in [2.05, 4.69) is 26.8 Å². The average Bonchev–Trinajstić information content (AvgIpc) is 3.29. The first-order valence-electron chi connectivity index (χ1n) is 9.32. The first-order chi connectivity index (χ1) is 15.0. The number of hydrogen-bond acceptors (Lipinski definition) is 10. The highest BCUT2D eigenvalue weighted by molar-refractivity contribution is 5.82. The molecule has 1 aliphatic heterocycles. The minimum absolute atomic E-state index is 0.126. The third kappa shape index (κ3) is 3.73. The molecule has 0 aliphatic carbocycles. The van der Waals surface area contributed by atoms with E-state index in [1.54, 1.807) is 18.2 Å². The van der Waals surface area contributed by atoms with Crippen molar-refractivity contribution in [2.75, 3.05) is 26.6 Å². The summed E-state index contributed by atoms with van der Waals surface area (Å²) in [7, 11) is 3.07. The molecule has 1 aliphatic rings.